The van der Waals surface area contributed by atoms with Crippen LogP contribution < -0.4 is 5.32 Å². The minimum absolute atomic E-state index is 0.0378. The van der Waals surface area contributed by atoms with Crippen LogP contribution in [0, 0.1) is 0 Å². The van der Waals surface area contributed by atoms with Gasteiger partial charge in [0.2, 0.25) is 5.13 Å². The highest BCUT2D eigenvalue weighted by molar-refractivity contribution is 8.01. The largest absolute Gasteiger partial charge is 0.353 e. The number of nitrogens with one attached hydrogen (secondary N) is 1. The van der Waals surface area contributed by atoms with Crippen LogP contribution in [0.4, 0.5) is 5.13 Å². The van der Waals surface area contributed by atoms with Gasteiger partial charge in [-0.15, -0.1) is 10.2 Å². The Bertz CT molecular complexity index is 832. The van der Waals surface area contributed by atoms with Crippen LogP contribution in [0.3, 0.4) is 0 Å². The molecule has 0 spiro atoms. The number of hydrogen-bond donors (Lipinski definition) is 1. The molecule has 0 aliphatic carbocycles. The van der Waals surface area contributed by atoms with E-state index in [0.717, 1.165) is 10.1 Å². The van der Waals surface area contributed by atoms with Crippen molar-refractivity contribution >= 4 is 40.1 Å². The predicted molar refractivity (Wildman–Crippen MR) is 105 cm³/mol. The highest BCUT2D eigenvalue weighted by atomic mass is 32.2. The number of hydrogen-bond acceptors (Lipinski definition) is 6. The molecule has 0 saturated carbocycles. The Morgan fingerprint density at radius 1 is 1.04 bits per heavy atom. The lowest BCUT2D eigenvalue weighted by atomic mass is 10.1. The van der Waals surface area contributed by atoms with Crippen LogP contribution in [-0.4, -0.2) is 28.3 Å². The Labute approximate surface area is 155 Å². The summed E-state index contributed by atoms with van der Waals surface area (Å²) in [6.07, 6.45) is 4.19. The lowest BCUT2D eigenvalue weighted by molar-refractivity contribution is 0.101. The standard InChI is InChI=1S/C19H17N3OS2/c23-17(16-11-5-2-6-12-16)14-20-18-21-22-19(25-18)24-13-7-10-15-8-3-1-4-9-15/h1-12H,13-14H2,(H,20,21)/b10-7+. The third-order valence-electron chi connectivity index (χ3n) is 3.32. The summed E-state index contributed by atoms with van der Waals surface area (Å²) in [6, 6.07) is 19.4. The Kier molecular flexibility index (Phi) is 6.36. The second-order valence-corrected chi connectivity index (χ2v) is 7.38. The summed E-state index contributed by atoms with van der Waals surface area (Å²) in [5.41, 5.74) is 1.88. The summed E-state index contributed by atoms with van der Waals surface area (Å²) in [5.74, 6) is 0.864. The highest BCUT2D eigenvalue weighted by Gasteiger charge is 2.08. The van der Waals surface area contributed by atoms with E-state index in [0.29, 0.717) is 10.7 Å². The summed E-state index contributed by atoms with van der Waals surface area (Å²) in [7, 11) is 0. The van der Waals surface area contributed by atoms with Gasteiger partial charge in [-0.3, -0.25) is 4.79 Å². The molecule has 1 N–H and O–H groups in total. The number of Topliss-reactive ketones (excluding diaryl/α,β-unsaturated/α-hetero) is 1. The second-order valence-electron chi connectivity index (χ2n) is 5.14. The summed E-state index contributed by atoms with van der Waals surface area (Å²) >= 11 is 3.08. The van der Waals surface area contributed by atoms with Gasteiger partial charge in [-0.25, -0.2) is 0 Å². The van der Waals surface area contributed by atoms with Crippen LogP contribution in [0.2, 0.25) is 0 Å². The number of rotatable bonds is 8. The Morgan fingerprint density at radius 3 is 2.52 bits per heavy atom. The summed E-state index contributed by atoms with van der Waals surface area (Å²) in [6.45, 7) is 0.219. The fourth-order valence-corrected chi connectivity index (χ4v) is 3.67. The lowest BCUT2D eigenvalue weighted by Gasteiger charge is -2.01. The first-order valence-corrected chi connectivity index (χ1v) is 9.61. The zero-order valence-corrected chi connectivity index (χ0v) is 15.1. The van der Waals surface area contributed by atoms with Crippen molar-refractivity contribution in [2.24, 2.45) is 0 Å². The number of nitrogens with zero attached hydrogens (tertiary/aromatic N) is 2. The molecule has 25 heavy (non-hydrogen) atoms. The van der Waals surface area contributed by atoms with E-state index in [9.17, 15) is 4.79 Å². The third kappa shape index (κ3) is 5.55. The molecule has 0 radical (unpaired) electrons. The molecule has 0 saturated heterocycles. The van der Waals surface area contributed by atoms with Crippen molar-refractivity contribution in [2.45, 2.75) is 4.34 Å². The normalized spacial score (nSPS) is 10.9. The monoisotopic (exact) mass is 367 g/mol. The van der Waals surface area contributed by atoms with Gasteiger partial charge in [0.05, 0.1) is 6.54 Å². The Hall–Kier alpha value is -2.44. The van der Waals surface area contributed by atoms with Crippen LogP contribution in [0.15, 0.2) is 71.1 Å². The summed E-state index contributed by atoms with van der Waals surface area (Å²) < 4.78 is 0.882. The van der Waals surface area contributed by atoms with E-state index >= 15 is 0 Å². The minimum Gasteiger partial charge on any atom is -0.353 e. The number of carbonyl (C=O) groups excluding carboxylic acids is 1. The van der Waals surface area contributed by atoms with Crippen LogP contribution >= 0.6 is 23.1 Å². The van der Waals surface area contributed by atoms with Gasteiger partial charge in [-0.1, -0.05) is 95.9 Å². The van der Waals surface area contributed by atoms with Crippen molar-refractivity contribution in [3.63, 3.8) is 0 Å². The molecule has 0 aliphatic rings. The fourth-order valence-electron chi connectivity index (χ4n) is 2.09. The van der Waals surface area contributed by atoms with Crippen LogP contribution in [-0.2, 0) is 0 Å². The van der Waals surface area contributed by atoms with Crippen molar-refractivity contribution in [3.8, 4) is 0 Å². The van der Waals surface area contributed by atoms with Gasteiger partial charge in [0.1, 0.15) is 0 Å². The van der Waals surface area contributed by atoms with Gasteiger partial charge in [-0.2, -0.15) is 0 Å². The minimum atomic E-state index is 0.0378. The van der Waals surface area contributed by atoms with E-state index in [1.54, 1.807) is 11.8 Å². The molecule has 0 aliphatic heterocycles. The van der Waals surface area contributed by atoms with Gasteiger partial charge in [0.25, 0.3) is 0 Å². The van der Waals surface area contributed by atoms with Crippen molar-refractivity contribution in [1.29, 1.82) is 0 Å². The van der Waals surface area contributed by atoms with E-state index in [2.05, 4.69) is 39.8 Å². The summed E-state index contributed by atoms with van der Waals surface area (Å²) in [5, 5.41) is 11.9. The second kappa shape index (κ2) is 9.15. The molecule has 1 aromatic heterocycles. The van der Waals surface area contributed by atoms with Crippen molar-refractivity contribution in [3.05, 3.63) is 77.9 Å². The maximum Gasteiger partial charge on any atom is 0.206 e. The Balaban J connectivity index is 1.44. The molecule has 6 heteroatoms. The van der Waals surface area contributed by atoms with Crippen molar-refractivity contribution in [1.82, 2.24) is 10.2 Å². The average Bonchev–Trinajstić information content (AvgIpc) is 3.13. The topological polar surface area (TPSA) is 54.9 Å². The first-order chi connectivity index (χ1) is 12.3. The molecule has 2 aromatic carbocycles. The lowest BCUT2D eigenvalue weighted by Crippen LogP contribution is -2.13. The van der Waals surface area contributed by atoms with Gasteiger partial charge in [0.15, 0.2) is 10.1 Å². The van der Waals surface area contributed by atoms with Gasteiger partial charge < -0.3 is 5.32 Å². The van der Waals surface area contributed by atoms with Crippen LogP contribution in [0.5, 0.6) is 0 Å². The molecule has 1 heterocycles. The van der Waals surface area contributed by atoms with Gasteiger partial charge in [0, 0.05) is 11.3 Å². The first kappa shape index (κ1) is 17.4. The molecular weight excluding hydrogens is 350 g/mol. The van der Waals surface area contributed by atoms with E-state index in [1.165, 1.54) is 16.9 Å². The smallest absolute Gasteiger partial charge is 0.206 e. The quantitative estimate of drug-likeness (QED) is 0.464. The van der Waals surface area contributed by atoms with E-state index < -0.39 is 0 Å². The SMILES string of the molecule is O=C(CNc1nnc(SC/C=C/c2ccccc2)s1)c1ccccc1. The summed E-state index contributed by atoms with van der Waals surface area (Å²) in [4.78, 5) is 12.1. The number of carbonyl (C=O) groups is 1. The van der Waals surface area contributed by atoms with Gasteiger partial charge in [-0.05, 0) is 5.56 Å². The molecule has 0 amide bonds. The molecular formula is C19H17N3OS2. The number of thioether (sulfide) groups is 1. The fraction of sp³-hybridized carbons (Fsp3) is 0.105. The molecule has 0 atom stereocenters. The average molecular weight is 367 g/mol. The van der Waals surface area contributed by atoms with Crippen LogP contribution in [0.25, 0.3) is 6.08 Å². The van der Waals surface area contributed by atoms with E-state index in [1.807, 2.05) is 48.5 Å². The number of ketones is 1. The third-order valence-corrected chi connectivity index (χ3v) is 5.28. The zero-order chi connectivity index (χ0) is 17.3. The number of anilines is 1. The maximum absolute atomic E-state index is 12.1. The molecule has 0 unspecified atom stereocenters. The molecule has 126 valence electrons. The van der Waals surface area contributed by atoms with Crippen molar-refractivity contribution < 1.29 is 4.79 Å². The van der Waals surface area contributed by atoms with Crippen molar-refractivity contribution in [2.75, 3.05) is 17.6 Å². The predicted octanol–water partition coefficient (Wildman–Crippen LogP) is 4.64. The first-order valence-electron chi connectivity index (χ1n) is 7.81. The molecule has 0 bridgehead atoms. The number of benzene rings is 2. The molecule has 0 fully saturated rings. The Morgan fingerprint density at radius 2 is 1.76 bits per heavy atom. The van der Waals surface area contributed by atoms with E-state index in [4.69, 9.17) is 0 Å². The van der Waals surface area contributed by atoms with Gasteiger partial charge >= 0.3 is 0 Å². The molecule has 3 rings (SSSR count). The maximum atomic E-state index is 12.1. The van der Waals surface area contributed by atoms with E-state index in [-0.39, 0.29) is 12.3 Å². The molecule has 3 aromatic rings. The molecule has 4 nitrogen and oxygen atoms in total. The number of aromatic nitrogens is 2. The highest BCUT2D eigenvalue weighted by Crippen LogP contribution is 2.25. The zero-order valence-electron chi connectivity index (χ0n) is 13.5. The van der Waals surface area contributed by atoms with Crippen LogP contribution in [0.1, 0.15) is 15.9 Å².